The number of methoxy groups -OCH3 is 1. The van der Waals surface area contributed by atoms with Crippen molar-refractivity contribution in [3.63, 3.8) is 0 Å². The zero-order chi connectivity index (χ0) is 16.4. The summed E-state index contributed by atoms with van der Waals surface area (Å²) in [6.45, 7) is 3.39. The van der Waals surface area contributed by atoms with Gasteiger partial charge in [-0.3, -0.25) is 9.59 Å². The van der Waals surface area contributed by atoms with Crippen LogP contribution in [0.3, 0.4) is 0 Å². The fourth-order valence-electron chi connectivity index (χ4n) is 3.27. The number of fused-ring (bicyclic) bond motifs is 1. The maximum Gasteiger partial charge on any atom is 0.246 e. The Morgan fingerprint density at radius 1 is 1.61 bits per heavy atom. The number of furan rings is 1. The van der Waals surface area contributed by atoms with Crippen molar-refractivity contribution in [3.05, 3.63) is 24.2 Å². The van der Waals surface area contributed by atoms with Gasteiger partial charge in [-0.25, -0.2) is 0 Å². The summed E-state index contributed by atoms with van der Waals surface area (Å²) in [6, 6.07) is 3.27. The van der Waals surface area contributed by atoms with Crippen molar-refractivity contribution in [2.45, 2.75) is 37.2 Å². The van der Waals surface area contributed by atoms with Crippen LogP contribution >= 0.6 is 11.8 Å². The molecule has 0 saturated carbocycles. The molecule has 0 aliphatic carbocycles. The largest absolute Gasteiger partial charge is 0.467 e. The first-order valence-electron chi connectivity index (χ1n) is 7.81. The molecule has 0 N–H and O–H groups in total. The van der Waals surface area contributed by atoms with Crippen LogP contribution in [0, 0.1) is 0 Å². The van der Waals surface area contributed by atoms with E-state index < -0.39 is 0 Å². The number of thioether (sulfide) groups is 1. The lowest BCUT2D eigenvalue weighted by atomic mass is 10.2. The standard InChI is InChI=1S/C16H22N2O4S/c1-16-6-5-14(19)18(16)13(11-23-16)15(20)17(7-9-21-2)10-12-4-3-8-22-12/h3-4,8,13H,5-7,9-11H2,1-2H3. The van der Waals surface area contributed by atoms with E-state index in [1.165, 1.54) is 0 Å². The third-order valence-electron chi connectivity index (χ3n) is 4.53. The van der Waals surface area contributed by atoms with E-state index in [4.69, 9.17) is 9.15 Å². The van der Waals surface area contributed by atoms with Gasteiger partial charge in [0, 0.05) is 25.8 Å². The summed E-state index contributed by atoms with van der Waals surface area (Å²) < 4.78 is 10.5. The monoisotopic (exact) mass is 338 g/mol. The molecule has 2 fully saturated rings. The van der Waals surface area contributed by atoms with Crippen molar-refractivity contribution in [2.24, 2.45) is 0 Å². The van der Waals surface area contributed by atoms with Crippen LogP contribution in [0.2, 0.25) is 0 Å². The Morgan fingerprint density at radius 2 is 2.43 bits per heavy atom. The average molecular weight is 338 g/mol. The number of carbonyl (C=O) groups excluding carboxylic acids is 2. The molecule has 2 aliphatic rings. The van der Waals surface area contributed by atoms with E-state index in [9.17, 15) is 9.59 Å². The Bertz CT molecular complexity index is 577. The first kappa shape index (κ1) is 16.4. The molecule has 6 nitrogen and oxygen atoms in total. The second kappa shape index (κ2) is 6.57. The number of nitrogens with zero attached hydrogens (tertiary/aromatic N) is 2. The zero-order valence-electron chi connectivity index (χ0n) is 13.5. The summed E-state index contributed by atoms with van der Waals surface area (Å²) in [4.78, 5) is 28.6. The number of hydrogen-bond acceptors (Lipinski definition) is 5. The minimum atomic E-state index is -0.383. The van der Waals surface area contributed by atoms with Gasteiger partial charge in [0.2, 0.25) is 11.8 Å². The van der Waals surface area contributed by atoms with Gasteiger partial charge >= 0.3 is 0 Å². The van der Waals surface area contributed by atoms with E-state index in [0.29, 0.717) is 31.9 Å². The first-order valence-corrected chi connectivity index (χ1v) is 8.80. The molecule has 2 aliphatic heterocycles. The summed E-state index contributed by atoms with van der Waals surface area (Å²) in [7, 11) is 1.61. The maximum atomic E-state index is 13.0. The predicted octanol–water partition coefficient (Wildman–Crippen LogP) is 1.71. The number of hydrogen-bond donors (Lipinski definition) is 0. The molecule has 23 heavy (non-hydrogen) atoms. The number of carbonyl (C=O) groups is 2. The second-order valence-electron chi connectivity index (χ2n) is 6.10. The average Bonchev–Trinajstić information content (AvgIpc) is 3.22. The van der Waals surface area contributed by atoms with Gasteiger partial charge < -0.3 is 19.0 Å². The van der Waals surface area contributed by atoms with Gasteiger partial charge in [0.25, 0.3) is 0 Å². The summed E-state index contributed by atoms with van der Waals surface area (Å²) in [6.07, 6.45) is 2.95. The molecule has 3 heterocycles. The molecule has 0 bridgehead atoms. The van der Waals surface area contributed by atoms with E-state index in [1.807, 2.05) is 6.07 Å². The highest BCUT2D eigenvalue weighted by Crippen LogP contribution is 2.47. The normalized spacial score (nSPS) is 26.6. The van der Waals surface area contributed by atoms with Crippen LogP contribution in [0.15, 0.2) is 22.8 Å². The fraction of sp³-hybridized carbons (Fsp3) is 0.625. The van der Waals surface area contributed by atoms with Crippen molar-refractivity contribution in [1.82, 2.24) is 9.80 Å². The van der Waals surface area contributed by atoms with Gasteiger partial charge in [0.15, 0.2) is 0 Å². The smallest absolute Gasteiger partial charge is 0.246 e. The molecule has 3 rings (SSSR count). The lowest BCUT2D eigenvalue weighted by Gasteiger charge is -2.32. The second-order valence-corrected chi connectivity index (χ2v) is 7.60. The van der Waals surface area contributed by atoms with Gasteiger partial charge in [-0.15, -0.1) is 11.8 Å². The third kappa shape index (κ3) is 3.12. The Balaban J connectivity index is 1.76. The molecule has 2 unspecified atom stereocenters. The van der Waals surface area contributed by atoms with Crippen molar-refractivity contribution in [3.8, 4) is 0 Å². The van der Waals surface area contributed by atoms with E-state index in [-0.39, 0.29) is 22.7 Å². The number of amides is 2. The molecule has 2 atom stereocenters. The molecule has 126 valence electrons. The van der Waals surface area contributed by atoms with Gasteiger partial charge in [-0.05, 0) is 25.5 Å². The minimum Gasteiger partial charge on any atom is -0.467 e. The molecule has 0 radical (unpaired) electrons. The van der Waals surface area contributed by atoms with Crippen LogP contribution in [0.5, 0.6) is 0 Å². The van der Waals surface area contributed by atoms with E-state index in [0.717, 1.165) is 12.2 Å². The lowest BCUT2D eigenvalue weighted by Crippen LogP contribution is -2.51. The van der Waals surface area contributed by atoms with Crippen LogP contribution in [-0.4, -0.2) is 58.5 Å². The van der Waals surface area contributed by atoms with Crippen LogP contribution in [-0.2, 0) is 20.9 Å². The fourth-order valence-corrected chi connectivity index (χ4v) is 4.70. The van der Waals surface area contributed by atoms with Crippen LogP contribution in [0.1, 0.15) is 25.5 Å². The Morgan fingerprint density at radius 3 is 3.13 bits per heavy atom. The summed E-state index contributed by atoms with van der Waals surface area (Å²) >= 11 is 1.71. The van der Waals surface area contributed by atoms with Crippen molar-refractivity contribution in [2.75, 3.05) is 26.0 Å². The van der Waals surface area contributed by atoms with Gasteiger partial charge in [0.1, 0.15) is 11.8 Å². The first-order chi connectivity index (χ1) is 11.0. The topological polar surface area (TPSA) is 63.0 Å². The van der Waals surface area contributed by atoms with Gasteiger partial charge in [-0.1, -0.05) is 0 Å². The van der Waals surface area contributed by atoms with Gasteiger partial charge in [-0.2, -0.15) is 0 Å². The molecule has 0 spiro atoms. The SMILES string of the molecule is COCCN(Cc1ccco1)C(=O)C1CSC2(C)CCC(=O)N12. The Labute approximate surface area is 140 Å². The van der Waals surface area contributed by atoms with Crippen LogP contribution in [0.4, 0.5) is 0 Å². The van der Waals surface area contributed by atoms with Crippen molar-refractivity contribution >= 4 is 23.6 Å². The molecule has 2 saturated heterocycles. The van der Waals surface area contributed by atoms with Crippen molar-refractivity contribution in [1.29, 1.82) is 0 Å². The third-order valence-corrected chi connectivity index (χ3v) is 6.04. The maximum absolute atomic E-state index is 13.0. The Kier molecular flexibility index (Phi) is 4.68. The van der Waals surface area contributed by atoms with E-state index >= 15 is 0 Å². The molecular formula is C16H22N2O4S. The van der Waals surface area contributed by atoms with Crippen molar-refractivity contribution < 1.29 is 18.7 Å². The van der Waals surface area contributed by atoms with E-state index in [2.05, 4.69) is 6.92 Å². The van der Waals surface area contributed by atoms with Crippen LogP contribution < -0.4 is 0 Å². The zero-order valence-corrected chi connectivity index (χ0v) is 14.3. The highest BCUT2D eigenvalue weighted by atomic mass is 32.2. The molecule has 0 aromatic carbocycles. The summed E-state index contributed by atoms with van der Waals surface area (Å²) in [5.41, 5.74) is 0. The number of ether oxygens (including phenoxy) is 1. The summed E-state index contributed by atoms with van der Waals surface area (Å²) in [5, 5.41) is 0. The lowest BCUT2D eigenvalue weighted by molar-refractivity contribution is -0.144. The number of rotatable bonds is 6. The quantitative estimate of drug-likeness (QED) is 0.790. The van der Waals surface area contributed by atoms with Crippen LogP contribution in [0.25, 0.3) is 0 Å². The molecule has 1 aromatic rings. The molecular weight excluding hydrogens is 316 g/mol. The summed E-state index contributed by atoms with van der Waals surface area (Å²) in [5.74, 6) is 1.45. The molecule has 2 amide bonds. The van der Waals surface area contributed by atoms with Gasteiger partial charge in [0.05, 0.1) is 24.3 Å². The minimum absolute atomic E-state index is 0.0232. The molecule has 1 aromatic heterocycles. The predicted molar refractivity (Wildman–Crippen MR) is 86.7 cm³/mol. The highest BCUT2D eigenvalue weighted by Gasteiger charge is 2.53. The molecule has 7 heteroatoms. The highest BCUT2D eigenvalue weighted by molar-refractivity contribution is 8.01. The Hall–Kier alpha value is -1.47. The van der Waals surface area contributed by atoms with E-state index in [1.54, 1.807) is 41.0 Å².